The maximum absolute atomic E-state index is 12.9. The molecule has 3 amide bonds. The smallest absolute Gasteiger partial charge is 0.326 e. The maximum atomic E-state index is 12.9. The van der Waals surface area contributed by atoms with Crippen LogP contribution in [0.15, 0.2) is 4.99 Å². The van der Waals surface area contributed by atoms with Gasteiger partial charge in [-0.3, -0.25) is 24.2 Å². The van der Waals surface area contributed by atoms with Crippen molar-refractivity contribution in [2.75, 3.05) is 18.6 Å². The molecule has 0 aliphatic carbocycles. The van der Waals surface area contributed by atoms with Crippen LogP contribution in [0.5, 0.6) is 0 Å². The van der Waals surface area contributed by atoms with Crippen molar-refractivity contribution in [3.05, 3.63) is 0 Å². The number of guanidine groups is 1. The van der Waals surface area contributed by atoms with E-state index < -0.39 is 60.2 Å². The number of carboxylic acid groups (broad SMARTS) is 2. The quantitative estimate of drug-likeness (QED) is 0.0619. The predicted molar refractivity (Wildman–Crippen MR) is 122 cm³/mol. The van der Waals surface area contributed by atoms with E-state index in [4.69, 9.17) is 27.4 Å². The van der Waals surface area contributed by atoms with Crippen LogP contribution in [-0.4, -0.2) is 88.6 Å². The molecule has 0 fully saturated rings. The van der Waals surface area contributed by atoms with Crippen LogP contribution < -0.4 is 33.2 Å². The van der Waals surface area contributed by atoms with Crippen LogP contribution >= 0.6 is 11.8 Å². The Hall–Kier alpha value is -3.07. The number of hydrogen-bond acceptors (Lipinski definition) is 8. The van der Waals surface area contributed by atoms with Crippen LogP contribution in [0.2, 0.25) is 0 Å². The summed E-state index contributed by atoms with van der Waals surface area (Å²) in [5, 5.41) is 25.1. The van der Waals surface area contributed by atoms with Crippen molar-refractivity contribution < 1.29 is 34.2 Å². The number of amides is 3. The highest BCUT2D eigenvalue weighted by atomic mass is 32.2. The largest absolute Gasteiger partial charge is 0.481 e. The summed E-state index contributed by atoms with van der Waals surface area (Å²) < 4.78 is 0. The number of aliphatic imine (C=N–C) groups is 1. The average molecular weight is 492 g/mol. The lowest BCUT2D eigenvalue weighted by molar-refractivity contribution is -0.147. The molecule has 0 bridgehead atoms. The number of carbonyl (C=O) groups is 5. The molecule has 0 saturated heterocycles. The van der Waals surface area contributed by atoms with Gasteiger partial charge < -0.3 is 43.4 Å². The Balaban J connectivity index is 5.44. The normalized spacial score (nSPS) is 14.2. The summed E-state index contributed by atoms with van der Waals surface area (Å²) in [4.78, 5) is 63.4. The molecule has 33 heavy (non-hydrogen) atoms. The molecule has 0 radical (unpaired) electrons. The van der Waals surface area contributed by atoms with Crippen LogP contribution in [0.25, 0.3) is 0 Å². The van der Waals surface area contributed by atoms with E-state index in [0.29, 0.717) is 12.2 Å². The number of nitrogens with two attached hydrogens (primary N) is 3. The Morgan fingerprint density at radius 1 is 0.909 bits per heavy atom. The Bertz CT molecular complexity index is 729. The van der Waals surface area contributed by atoms with E-state index in [1.165, 1.54) is 18.7 Å². The molecule has 0 aliphatic rings. The molecule has 0 aromatic rings. The highest BCUT2D eigenvalue weighted by Gasteiger charge is 2.30. The monoisotopic (exact) mass is 491 g/mol. The molecule has 0 heterocycles. The molecular formula is C18H33N7O7S. The Morgan fingerprint density at radius 3 is 1.88 bits per heavy atom. The number of thioether (sulfide) groups is 1. The van der Waals surface area contributed by atoms with Crippen molar-refractivity contribution in [1.82, 2.24) is 16.0 Å². The first-order chi connectivity index (χ1) is 15.4. The van der Waals surface area contributed by atoms with E-state index in [2.05, 4.69) is 20.9 Å². The van der Waals surface area contributed by atoms with Crippen molar-refractivity contribution in [2.24, 2.45) is 22.2 Å². The van der Waals surface area contributed by atoms with Gasteiger partial charge in [0, 0.05) is 6.54 Å². The van der Waals surface area contributed by atoms with Gasteiger partial charge in [0.1, 0.15) is 18.1 Å². The van der Waals surface area contributed by atoms with Crippen LogP contribution in [0, 0.1) is 0 Å². The van der Waals surface area contributed by atoms with Crippen molar-refractivity contribution in [3.8, 4) is 0 Å². The lowest BCUT2D eigenvalue weighted by Crippen LogP contribution is -2.57. The summed E-state index contributed by atoms with van der Waals surface area (Å²) >= 11 is 1.39. The first kappa shape index (κ1) is 29.9. The number of rotatable bonds is 16. The minimum atomic E-state index is -1.67. The fourth-order valence-corrected chi connectivity index (χ4v) is 2.97. The molecule has 11 N–H and O–H groups in total. The summed E-state index contributed by atoms with van der Waals surface area (Å²) in [6.45, 7) is 1.64. The maximum Gasteiger partial charge on any atom is 0.326 e. The third-order valence-corrected chi connectivity index (χ3v) is 4.87. The molecule has 4 atom stereocenters. The SMILES string of the molecule is CSCCC(NC(=O)C(CCCN=C(N)N)NC(=O)C(C)N)C(=O)NC(CC(=O)O)C(=O)O. The van der Waals surface area contributed by atoms with E-state index in [-0.39, 0.29) is 25.3 Å². The molecule has 188 valence electrons. The first-order valence-electron chi connectivity index (χ1n) is 10.0. The molecule has 14 nitrogen and oxygen atoms in total. The van der Waals surface area contributed by atoms with Gasteiger partial charge in [-0.05, 0) is 38.2 Å². The fraction of sp³-hybridized carbons (Fsp3) is 0.667. The number of carbonyl (C=O) groups excluding carboxylic acids is 3. The number of hydrogen-bond donors (Lipinski definition) is 8. The van der Waals surface area contributed by atoms with E-state index in [1.807, 2.05) is 0 Å². The number of nitrogens with one attached hydrogen (secondary N) is 3. The van der Waals surface area contributed by atoms with Crippen LogP contribution in [0.1, 0.15) is 32.6 Å². The molecule has 0 rings (SSSR count). The molecule has 0 spiro atoms. The summed E-state index contributed by atoms with van der Waals surface area (Å²) in [6.07, 6.45) is 1.55. The zero-order chi connectivity index (χ0) is 25.6. The molecular weight excluding hydrogens is 458 g/mol. The van der Waals surface area contributed by atoms with E-state index in [0.717, 1.165) is 0 Å². The summed E-state index contributed by atoms with van der Waals surface area (Å²) in [5.41, 5.74) is 16.1. The van der Waals surface area contributed by atoms with Crippen molar-refractivity contribution in [2.45, 2.75) is 56.8 Å². The van der Waals surface area contributed by atoms with Crippen molar-refractivity contribution >= 4 is 47.4 Å². The molecule has 0 aliphatic heterocycles. The predicted octanol–water partition coefficient (Wildman–Crippen LogP) is -2.85. The van der Waals surface area contributed by atoms with Gasteiger partial charge >= 0.3 is 11.9 Å². The zero-order valence-corrected chi connectivity index (χ0v) is 19.4. The minimum absolute atomic E-state index is 0.126. The number of nitrogens with zero attached hydrogens (tertiary/aromatic N) is 1. The highest BCUT2D eigenvalue weighted by molar-refractivity contribution is 7.98. The molecule has 15 heteroatoms. The Labute approximate surface area is 195 Å². The lowest BCUT2D eigenvalue weighted by Gasteiger charge is -2.24. The highest BCUT2D eigenvalue weighted by Crippen LogP contribution is 2.06. The van der Waals surface area contributed by atoms with Gasteiger partial charge in [-0.1, -0.05) is 0 Å². The fourth-order valence-electron chi connectivity index (χ4n) is 2.50. The van der Waals surface area contributed by atoms with Gasteiger partial charge in [-0.25, -0.2) is 4.79 Å². The van der Waals surface area contributed by atoms with Gasteiger partial charge in [-0.15, -0.1) is 0 Å². The van der Waals surface area contributed by atoms with E-state index >= 15 is 0 Å². The van der Waals surface area contributed by atoms with E-state index in [1.54, 1.807) is 6.26 Å². The minimum Gasteiger partial charge on any atom is -0.481 e. The number of aliphatic carboxylic acids is 2. The molecule has 0 aromatic carbocycles. The third kappa shape index (κ3) is 13.2. The molecule has 0 aromatic heterocycles. The van der Waals surface area contributed by atoms with Crippen molar-refractivity contribution in [1.29, 1.82) is 0 Å². The summed E-state index contributed by atoms with van der Waals surface area (Å²) in [6, 6.07) is -4.78. The average Bonchev–Trinajstić information content (AvgIpc) is 2.71. The van der Waals surface area contributed by atoms with Crippen molar-refractivity contribution in [3.63, 3.8) is 0 Å². The Kier molecular flexibility index (Phi) is 14.2. The second kappa shape index (κ2) is 15.7. The first-order valence-corrected chi connectivity index (χ1v) is 11.4. The van der Waals surface area contributed by atoms with Gasteiger partial charge in [0.05, 0.1) is 12.5 Å². The van der Waals surface area contributed by atoms with Crippen LogP contribution in [0.3, 0.4) is 0 Å². The second-order valence-corrected chi connectivity index (χ2v) is 8.12. The summed E-state index contributed by atoms with van der Waals surface area (Å²) in [5.74, 6) is -4.76. The van der Waals surface area contributed by atoms with Crippen LogP contribution in [-0.2, 0) is 24.0 Å². The van der Waals surface area contributed by atoms with Crippen LogP contribution in [0.4, 0.5) is 0 Å². The van der Waals surface area contributed by atoms with E-state index in [9.17, 15) is 24.0 Å². The lowest BCUT2D eigenvalue weighted by atomic mass is 10.1. The summed E-state index contributed by atoms with van der Waals surface area (Å²) in [7, 11) is 0. The van der Waals surface area contributed by atoms with Gasteiger partial charge in [0.25, 0.3) is 0 Å². The second-order valence-electron chi connectivity index (χ2n) is 7.14. The Morgan fingerprint density at radius 2 is 1.42 bits per heavy atom. The molecule has 4 unspecified atom stereocenters. The molecule has 0 saturated carbocycles. The van der Waals surface area contributed by atoms with Gasteiger partial charge in [0.15, 0.2) is 5.96 Å². The topological polar surface area (TPSA) is 252 Å². The van der Waals surface area contributed by atoms with Gasteiger partial charge in [-0.2, -0.15) is 11.8 Å². The van der Waals surface area contributed by atoms with Gasteiger partial charge in [0.2, 0.25) is 17.7 Å². The third-order valence-electron chi connectivity index (χ3n) is 4.23. The standard InChI is InChI=1S/C18H33N7O7S/c1-9(19)14(28)23-10(4-3-6-22-18(20)21)15(29)24-11(5-7-33-2)16(30)25-12(17(31)32)8-13(26)27/h9-12H,3-8,19H2,1-2H3,(H,23,28)(H,24,29)(H,25,30)(H,26,27)(H,31,32)(H4,20,21,22). The zero-order valence-electron chi connectivity index (χ0n) is 18.6. The number of carboxylic acids is 2.